The number of hydrogen-bond acceptors (Lipinski definition) is 4. The zero-order chi connectivity index (χ0) is 46.1. The van der Waals surface area contributed by atoms with Crippen molar-refractivity contribution in [2.45, 2.75) is 0 Å². The van der Waals surface area contributed by atoms with Crippen LogP contribution in [0.15, 0.2) is 249 Å². The highest BCUT2D eigenvalue weighted by atomic mass is 32.1. The zero-order valence-electron chi connectivity index (χ0n) is 37.8. The molecule has 6 heteroatoms. The highest BCUT2D eigenvalue weighted by molar-refractivity contribution is 7.22. The molecule has 0 aliphatic rings. The third kappa shape index (κ3) is 6.53. The van der Waals surface area contributed by atoms with Crippen LogP contribution in [-0.2, 0) is 0 Å². The van der Waals surface area contributed by atoms with Gasteiger partial charge in [-0.05, 0) is 107 Å². The van der Waals surface area contributed by atoms with Crippen molar-refractivity contribution in [2.24, 2.45) is 0 Å². The molecule has 0 saturated heterocycles. The van der Waals surface area contributed by atoms with Crippen LogP contribution in [-0.4, -0.2) is 19.1 Å². The van der Waals surface area contributed by atoms with Crippen LogP contribution in [0, 0.1) is 0 Å². The molecule has 0 N–H and O–H groups in total. The monoisotopic (exact) mass is 911 g/mol. The molecule has 0 saturated carbocycles. The van der Waals surface area contributed by atoms with Crippen molar-refractivity contribution in [2.75, 3.05) is 4.90 Å². The highest BCUT2D eigenvalue weighted by Gasteiger charge is 2.23. The van der Waals surface area contributed by atoms with Gasteiger partial charge < -0.3 is 9.47 Å². The molecule has 0 aliphatic carbocycles. The second kappa shape index (κ2) is 16.3. The van der Waals surface area contributed by atoms with E-state index in [0.717, 1.165) is 87.4 Å². The average molecular weight is 912 g/mol. The van der Waals surface area contributed by atoms with Gasteiger partial charge in [-0.25, -0.2) is 9.97 Å². The predicted octanol–water partition coefficient (Wildman–Crippen LogP) is 17.5. The number of rotatable bonds is 8. The summed E-state index contributed by atoms with van der Waals surface area (Å²) in [5, 5.41) is 7.09. The predicted molar refractivity (Wildman–Crippen MR) is 295 cm³/mol. The van der Waals surface area contributed by atoms with E-state index in [1.165, 1.54) is 32.8 Å². The Morgan fingerprint density at radius 3 is 1.60 bits per heavy atom. The first-order valence-corrected chi connectivity index (χ1v) is 24.5. The van der Waals surface area contributed by atoms with Crippen molar-refractivity contribution in [3.8, 4) is 44.5 Å². The summed E-state index contributed by atoms with van der Waals surface area (Å²) in [6.07, 6.45) is 0. The van der Waals surface area contributed by atoms with Crippen LogP contribution < -0.4 is 4.90 Å². The molecule has 0 aliphatic heterocycles. The molecule has 0 amide bonds. The van der Waals surface area contributed by atoms with E-state index in [1.54, 1.807) is 11.3 Å². The minimum Gasteiger partial charge on any atom is -0.311 e. The SMILES string of the molecule is c1ccc(-c2cc3nc(-n4c5ccc(-c6ccc7c(c6)c6ccccc6n7-c6ccccc6)cc5c5ccc6ccccc6c54)nc(-c4ccc(N(c5ccccc5)c5ccccc5)cc4)c3s2)cc1. The molecule has 328 valence electrons. The van der Waals surface area contributed by atoms with Gasteiger partial charge in [-0.1, -0.05) is 164 Å². The summed E-state index contributed by atoms with van der Waals surface area (Å²) in [6.45, 7) is 0. The van der Waals surface area contributed by atoms with Gasteiger partial charge in [-0.15, -0.1) is 11.3 Å². The Morgan fingerprint density at radius 1 is 0.357 bits per heavy atom. The molecule has 0 unspecified atom stereocenters. The van der Waals surface area contributed by atoms with Crippen LogP contribution >= 0.6 is 11.3 Å². The molecule has 4 heterocycles. The zero-order valence-corrected chi connectivity index (χ0v) is 38.6. The number of anilines is 3. The summed E-state index contributed by atoms with van der Waals surface area (Å²) >= 11 is 1.75. The molecule has 0 spiro atoms. The average Bonchev–Trinajstić information content (AvgIpc) is 4.12. The smallest absolute Gasteiger partial charge is 0.235 e. The van der Waals surface area contributed by atoms with E-state index >= 15 is 0 Å². The third-order valence-corrected chi connectivity index (χ3v) is 14.9. The fourth-order valence-corrected chi connectivity index (χ4v) is 11.6. The lowest BCUT2D eigenvalue weighted by molar-refractivity contribution is 1.02. The molecule has 5 nitrogen and oxygen atoms in total. The fourth-order valence-electron chi connectivity index (χ4n) is 10.5. The number of para-hydroxylation sites is 4. The van der Waals surface area contributed by atoms with Gasteiger partial charge in [-0.3, -0.25) is 4.57 Å². The van der Waals surface area contributed by atoms with Gasteiger partial charge in [0.25, 0.3) is 0 Å². The van der Waals surface area contributed by atoms with Crippen LogP contribution in [0.25, 0.3) is 109 Å². The van der Waals surface area contributed by atoms with E-state index in [0.29, 0.717) is 5.95 Å². The number of fused-ring (bicyclic) bond motifs is 9. The molecule has 10 aromatic carbocycles. The standard InChI is InChI=1S/C64H41N5S/c1-5-18-43(19-6-1)60-41-56-63(70-60)61(44-29-34-50(35-30-44)67(47-20-7-2-8-21-47)48-22-9-3-10-23-48)66-64(65-56)69-59-38-33-46(40-55(59)53-36-31-42-17-13-14-26-51(42)62(53)69)45-32-37-58-54(39-45)52-27-15-16-28-57(52)68(58)49-24-11-4-12-25-49/h1-41H. The third-order valence-electron chi connectivity index (χ3n) is 13.7. The number of hydrogen-bond donors (Lipinski definition) is 0. The Labute approximate surface area is 408 Å². The van der Waals surface area contributed by atoms with E-state index in [1.807, 2.05) is 0 Å². The van der Waals surface area contributed by atoms with Crippen molar-refractivity contribution < 1.29 is 0 Å². The van der Waals surface area contributed by atoms with Gasteiger partial charge >= 0.3 is 0 Å². The van der Waals surface area contributed by atoms with Crippen molar-refractivity contribution in [3.63, 3.8) is 0 Å². The Hall–Kier alpha value is -9.10. The lowest BCUT2D eigenvalue weighted by Crippen LogP contribution is -2.09. The minimum absolute atomic E-state index is 0.637. The van der Waals surface area contributed by atoms with Crippen molar-refractivity contribution in [1.82, 2.24) is 19.1 Å². The van der Waals surface area contributed by atoms with Gasteiger partial charge in [0.2, 0.25) is 5.95 Å². The van der Waals surface area contributed by atoms with Gasteiger partial charge in [0.1, 0.15) is 0 Å². The molecule has 0 fully saturated rings. The molecular weight excluding hydrogens is 871 g/mol. The summed E-state index contributed by atoms with van der Waals surface area (Å²) in [5.74, 6) is 0.637. The van der Waals surface area contributed by atoms with Crippen LogP contribution in [0.4, 0.5) is 17.1 Å². The van der Waals surface area contributed by atoms with Crippen LogP contribution in [0.5, 0.6) is 0 Å². The Morgan fingerprint density at radius 2 is 0.900 bits per heavy atom. The van der Waals surface area contributed by atoms with Gasteiger partial charge in [0.05, 0.1) is 38.0 Å². The molecular formula is C64H41N5S. The minimum atomic E-state index is 0.637. The second-order valence-corrected chi connectivity index (χ2v) is 18.8. The maximum atomic E-state index is 5.64. The van der Waals surface area contributed by atoms with E-state index in [9.17, 15) is 0 Å². The lowest BCUT2D eigenvalue weighted by Gasteiger charge is -2.25. The van der Waals surface area contributed by atoms with Gasteiger partial charge in [0, 0.05) is 60.1 Å². The largest absolute Gasteiger partial charge is 0.311 e. The first kappa shape index (κ1) is 40.0. The summed E-state index contributed by atoms with van der Waals surface area (Å²) in [7, 11) is 0. The highest BCUT2D eigenvalue weighted by Crippen LogP contribution is 2.44. The topological polar surface area (TPSA) is 38.9 Å². The lowest BCUT2D eigenvalue weighted by atomic mass is 10.00. The van der Waals surface area contributed by atoms with E-state index in [2.05, 4.69) is 263 Å². The molecule has 14 aromatic rings. The fraction of sp³-hybridized carbons (Fsp3) is 0. The summed E-state index contributed by atoms with van der Waals surface area (Å²) in [5.41, 5.74) is 15.3. The maximum Gasteiger partial charge on any atom is 0.235 e. The first-order valence-electron chi connectivity index (χ1n) is 23.6. The maximum absolute atomic E-state index is 5.64. The Balaban J connectivity index is 0.968. The molecule has 14 rings (SSSR count). The Kier molecular flexibility index (Phi) is 9.32. The van der Waals surface area contributed by atoms with Crippen LogP contribution in [0.2, 0.25) is 0 Å². The molecule has 70 heavy (non-hydrogen) atoms. The number of nitrogens with zero attached hydrogens (tertiary/aromatic N) is 5. The van der Waals surface area contributed by atoms with Crippen molar-refractivity contribution in [1.29, 1.82) is 0 Å². The summed E-state index contributed by atoms with van der Waals surface area (Å²) < 4.78 is 5.73. The van der Waals surface area contributed by atoms with E-state index in [4.69, 9.17) is 9.97 Å². The summed E-state index contributed by atoms with van der Waals surface area (Å²) in [4.78, 5) is 14.6. The number of aromatic nitrogens is 4. The quantitative estimate of drug-likeness (QED) is 0.152. The second-order valence-electron chi connectivity index (χ2n) is 17.8. The normalized spacial score (nSPS) is 11.7. The van der Waals surface area contributed by atoms with E-state index < -0.39 is 0 Å². The van der Waals surface area contributed by atoms with E-state index in [-0.39, 0.29) is 0 Å². The Bertz CT molecular complexity index is 4230. The van der Waals surface area contributed by atoms with Gasteiger partial charge in [0.15, 0.2) is 0 Å². The number of thiophene rings is 1. The van der Waals surface area contributed by atoms with Crippen molar-refractivity contribution in [3.05, 3.63) is 249 Å². The number of benzene rings is 10. The molecule has 0 bridgehead atoms. The first-order chi connectivity index (χ1) is 34.7. The van der Waals surface area contributed by atoms with Crippen molar-refractivity contribution >= 4 is 93.0 Å². The molecule has 4 aromatic heterocycles. The molecule has 0 atom stereocenters. The van der Waals surface area contributed by atoms with Crippen LogP contribution in [0.1, 0.15) is 0 Å². The summed E-state index contributed by atoms with van der Waals surface area (Å²) in [6, 6.07) is 89.1. The van der Waals surface area contributed by atoms with Crippen LogP contribution in [0.3, 0.4) is 0 Å². The molecule has 0 radical (unpaired) electrons. The van der Waals surface area contributed by atoms with Gasteiger partial charge in [-0.2, -0.15) is 0 Å².